The molecular formula is C16H21NO2. The highest BCUT2D eigenvalue weighted by atomic mass is 16.3. The normalized spacial score (nSPS) is 14.9. The number of nitrogens with one attached hydrogen (secondary N) is 1. The zero-order chi connectivity index (χ0) is 13.7. The molecule has 0 fully saturated rings. The molecule has 2 rings (SSSR count). The molecule has 0 saturated carbocycles. The van der Waals surface area contributed by atoms with Gasteiger partial charge in [-0.05, 0) is 56.7 Å². The minimum atomic E-state index is -0.200. The number of phenols is 1. The van der Waals surface area contributed by atoms with E-state index in [1.54, 1.807) is 12.1 Å². The van der Waals surface area contributed by atoms with Crippen molar-refractivity contribution in [1.29, 1.82) is 0 Å². The van der Waals surface area contributed by atoms with Crippen molar-refractivity contribution in [3.8, 4) is 5.75 Å². The summed E-state index contributed by atoms with van der Waals surface area (Å²) >= 11 is 0. The van der Waals surface area contributed by atoms with Crippen LogP contribution in [0.1, 0.15) is 48.0 Å². The molecule has 1 amide bonds. The molecule has 0 atom stereocenters. The molecule has 1 aliphatic rings. The SMILES string of the molecule is Cc1ccc(C(=O)NCCC2=CCCCC2)c(O)c1. The summed E-state index contributed by atoms with van der Waals surface area (Å²) in [6.45, 7) is 2.52. The monoisotopic (exact) mass is 259 g/mol. The van der Waals surface area contributed by atoms with Crippen LogP contribution in [0.15, 0.2) is 29.8 Å². The number of carbonyl (C=O) groups excluding carboxylic acids is 1. The van der Waals surface area contributed by atoms with Gasteiger partial charge in [0.05, 0.1) is 5.56 Å². The van der Waals surface area contributed by atoms with E-state index < -0.39 is 0 Å². The molecule has 102 valence electrons. The second-order valence-electron chi connectivity index (χ2n) is 5.13. The van der Waals surface area contributed by atoms with E-state index in [-0.39, 0.29) is 11.7 Å². The second kappa shape index (κ2) is 6.41. The summed E-state index contributed by atoms with van der Waals surface area (Å²) in [5.41, 5.74) is 2.74. The van der Waals surface area contributed by atoms with Crippen LogP contribution in [0.25, 0.3) is 0 Å². The highest BCUT2D eigenvalue weighted by Crippen LogP contribution is 2.20. The molecule has 0 aromatic heterocycles. The van der Waals surface area contributed by atoms with Gasteiger partial charge in [-0.3, -0.25) is 4.79 Å². The maximum absolute atomic E-state index is 11.9. The first kappa shape index (κ1) is 13.7. The second-order valence-corrected chi connectivity index (χ2v) is 5.13. The Morgan fingerprint density at radius 2 is 2.21 bits per heavy atom. The molecule has 1 aromatic rings. The number of benzene rings is 1. The summed E-state index contributed by atoms with van der Waals surface area (Å²) < 4.78 is 0. The van der Waals surface area contributed by atoms with Crippen LogP contribution in [-0.4, -0.2) is 17.6 Å². The van der Waals surface area contributed by atoms with Gasteiger partial charge in [0.1, 0.15) is 5.75 Å². The lowest BCUT2D eigenvalue weighted by Gasteiger charge is -2.13. The molecule has 3 heteroatoms. The van der Waals surface area contributed by atoms with Crippen molar-refractivity contribution in [2.75, 3.05) is 6.54 Å². The Labute approximate surface area is 114 Å². The summed E-state index contributed by atoms with van der Waals surface area (Å²) in [6.07, 6.45) is 8.08. The molecule has 0 unspecified atom stereocenters. The van der Waals surface area contributed by atoms with Gasteiger partial charge in [-0.15, -0.1) is 0 Å². The molecule has 19 heavy (non-hydrogen) atoms. The fraction of sp³-hybridized carbons (Fsp3) is 0.438. The van der Waals surface area contributed by atoms with Crippen molar-refractivity contribution in [3.05, 3.63) is 41.0 Å². The van der Waals surface area contributed by atoms with E-state index in [4.69, 9.17) is 0 Å². The first-order valence-corrected chi connectivity index (χ1v) is 6.92. The van der Waals surface area contributed by atoms with Crippen molar-refractivity contribution in [1.82, 2.24) is 5.32 Å². The molecule has 0 bridgehead atoms. The molecule has 3 nitrogen and oxygen atoms in total. The molecule has 0 spiro atoms. The smallest absolute Gasteiger partial charge is 0.255 e. The van der Waals surface area contributed by atoms with Gasteiger partial charge in [-0.2, -0.15) is 0 Å². The van der Waals surface area contributed by atoms with Crippen LogP contribution in [0.5, 0.6) is 5.75 Å². The number of allylic oxidation sites excluding steroid dienone is 1. The van der Waals surface area contributed by atoms with Crippen LogP contribution in [0.3, 0.4) is 0 Å². The Bertz CT molecular complexity index is 492. The maximum atomic E-state index is 11.9. The van der Waals surface area contributed by atoms with Crippen LogP contribution in [-0.2, 0) is 0 Å². The maximum Gasteiger partial charge on any atom is 0.255 e. The summed E-state index contributed by atoms with van der Waals surface area (Å²) in [6, 6.07) is 5.11. The summed E-state index contributed by atoms with van der Waals surface area (Å²) in [5.74, 6) is -0.150. The Hall–Kier alpha value is -1.77. The van der Waals surface area contributed by atoms with Crippen LogP contribution >= 0.6 is 0 Å². The first-order valence-electron chi connectivity index (χ1n) is 6.92. The van der Waals surface area contributed by atoms with E-state index in [0.717, 1.165) is 18.4 Å². The van der Waals surface area contributed by atoms with Crippen molar-refractivity contribution in [2.24, 2.45) is 0 Å². The van der Waals surface area contributed by atoms with Gasteiger partial charge in [0.2, 0.25) is 0 Å². The van der Waals surface area contributed by atoms with Crippen molar-refractivity contribution in [3.63, 3.8) is 0 Å². The quantitative estimate of drug-likeness (QED) is 0.815. The molecule has 0 aliphatic heterocycles. The molecule has 0 radical (unpaired) electrons. The lowest BCUT2D eigenvalue weighted by Crippen LogP contribution is -2.25. The molecule has 1 aromatic carbocycles. The Balaban J connectivity index is 1.85. The predicted molar refractivity (Wildman–Crippen MR) is 76.3 cm³/mol. The van der Waals surface area contributed by atoms with E-state index in [0.29, 0.717) is 12.1 Å². The lowest BCUT2D eigenvalue weighted by atomic mass is 9.97. The highest BCUT2D eigenvalue weighted by Gasteiger charge is 2.11. The number of hydrogen-bond acceptors (Lipinski definition) is 2. The van der Waals surface area contributed by atoms with Gasteiger partial charge in [-0.1, -0.05) is 17.7 Å². The number of aryl methyl sites for hydroxylation is 1. The minimum absolute atomic E-state index is 0.0504. The van der Waals surface area contributed by atoms with Gasteiger partial charge in [0.25, 0.3) is 5.91 Å². The van der Waals surface area contributed by atoms with Crippen molar-refractivity contribution >= 4 is 5.91 Å². The van der Waals surface area contributed by atoms with Crippen LogP contribution < -0.4 is 5.32 Å². The minimum Gasteiger partial charge on any atom is -0.507 e. The van der Waals surface area contributed by atoms with Gasteiger partial charge < -0.3 is 10.4 Å². The van der Waals surface area contributed by atoms with E-state index in [9.17, 15) is 9.90 Å². The average Bonchev–Trinajstić information content (AvgIpc) is 2.39. The molecule has 2 N–H and O–H groups in total. The zero-order valence-electron chi connectivity index (χ0n) is 11.4. The number of carbonyl (C=O) groups is 1. The standard InChI is InChI=1S/C16H21NO2/c1-12-7-8-14(15(18)11-12)16(19)17-10-9-13-5-3-2-4-6-13/h5,7-8,11,18H,2-4,6,9-10H2,1H3,(H,17,19). The highest BCUT2D eigenvalue weighted by molar-refractivity contribution is 5.96. The number of hydrogen-bond donors (Lipinski definition) is 2. The van der Waals surface area contributed by atoms with Crippen LogP contribution in [0.2, 0.25) is 0 Å². The van der Waals surface area contributed by atoms with Crippen LogP contribution in [0.4, 0.5) is 0 Å². The lowest BCUT2D eigenvalue weighted by molar-refractivity contribution is 0.0951. The number of aromatic hydroxyl groups is 1. The summed E-state index contributed by atoms with van der Waals surface area (Å²) in [4.78, 5) is 11.9. The molecule has 0 heterocycles. The van der Waals surface area contributed by atoms with E-state index in [1.807, 2.05) is 13.0 Å². The summed E-state index contributed by atoms with van der Waals surface area (Å²) in [7, 11) is 0. The predicted octanol–water partition coefficient (Wildman–Crippen LogP) is 3.32. The Kier molecular flexibility index (Phi) is 4.61. The number of amides is 1. The van der Waals surface area contributed by atoms with Crippen LogP contribution in [0, 0.1) is 6.92 Å². The van der Waals surface area contributed by atoms with E-state index in [2.05, 4.69) is 11.4 Å². The van der Waals surface area contributed by atoms with E-state index >= 15 is 0 Å². The van der Waals surface area contributed by atoms with Crippen molar-refractivity contribution in [2.45, 2.75) is 39.0 Å². The Morgan fingerprint density at radius 1 is 1.37 bits per heavy atom. The van der Waals surface area contributed by atoms with Gasteiger partial charge in [-0.25, -0.2) is 0 Å². The zero-order valence-corrected chi connectivity index (χ0v) is 11.4. The number of rotatable bonds is 4. The topological polar surface area (TPSA) is 49.3 Å². The molecular weight excluding hydrogens is 238 g/mol. The fourth-order valence-corrected chi connectivity index (χ4v) is 2.40. The van der Waals surface area contributed by atoms with E-state index in [1.165, 1.54) is 24.8 Å². The average molecular weight is 259 g/mol. The summed E-state index contributed by atoms with van der Waals surface area (Å²) in [5, 5.41) is 12.6. The van der Waals surface area contributed by atoms with Gasteiger partial charge in [0, 0.05) is 6.54 Å². The Morgan fingerprint density at radius 3 is 2.89 bits per heavy atom. The first-order chi connectivity index (χ1) is 9.16. The number of phenolic OH excluding ortho intramolecular Hbond substituents is 1. The third-order valence-corrected chi connectivity index (χ3v) is 3.51. The third-order valence-electron chi connectivity index (χ3n) is 3.51. The van der Waals surface area contributed by atoms with Gasteiger partial charge >= 0.3 is 0 Å². The largest absolute Gasteiger partial charge is 0.507 e. The third kappa shape index (κ3) is 3.85. The molecule has 0 saturated heterocycles. The molecule has 1 aliphatic carbocycles. The van der Waals surface area contributed by atoms with Crippen molar-refractivity contribution < 1.29 is 9.90 Å². The van der Waals surface area contributed by atoms with Gasteiger partial charge in [0.15, 0.2) is 0 Å². The fourth-order valence-electron chi connectivity index (χ4n) is 2.40.